The minimum Gasteiger partial charge on any atom is -0.472 e. The van der Waals surface area contributed by atoms with Gasteiger partial charge < -0.3 is 19.1 Å². The van der Waals surface area contributed by atoms with E-state index in [-0.39, 0.29) is 22.5 Å². The van der Waals surface area contributed by atoms with E-state index in [1.54, 1.807) is 0 Å². The number of anilines is 1. The molecule has 0 bridgehead atoms. The number of fused-ring (bicyclic) bond motifs is 3. The van der Waals surface area contributed by atoms with Crippen LogP contribution in [-0.4, -0.2) is 40.3 Å². The molecule has 3 aromatic rings. The largest absolute Gasteiger partial charge is 0.472 e. The van der Waals surface area contributed by atoms with Crippen molar-refractivity contribution in [3.63, 3.8) is 0 Å². The van der Waals surface area contributed by atoms with Gasteiger partial charge in [0.05, 0.1) is 25.8 Å². The molecule has 2 aliphatic heterocycles. The van der Waals surface area contributed by atoms with Crippen LogP contribution in [0.4, 0.5) is 27.8 Å². The second-order valence-electron chi connectivity index (χ2n) is 8.02. The minimum atomic E-state index is -4.75. The van der Waals surface area contributed by atoms with E-state index in [0.717, 1.165) is 24.4 Å². The Morgan fingerprint density at radius 2 is 1.94 bits per heavy atom. The Hall–Kier alpha value is -3.45. The Balaban J connectivity index is 1.35. The van der Waals surface area contributed by atoms with E-state index in [1.165, 1.54) is 4.57 Å². The summed E-state index contributed by atoms with van der Waals surface area (Å²) in [5, 5.41) is 0.0815. The van der Waals surface area contributed by atoms with Crippen LogP contribution in [0.3, 0.4) is 0 Å². The first-order chi connectivity index (χ1) is 17.1. The summed E-state index contributed by atoms with van der Waals surface area (Å²) < 4.78 is 85.0. The topological polar surface area (TPSA) is 78.7 Å². The highest BCUT2D eigenvalue weighted by atomic mass is 35.5. The summed E-state index contributed by atoms with van der Waals surface area (Å²) in [7, 11) is 0. The van der Waals surface area contributed by atoms with Crippen molar-refractivity contribution in [2.45, 2.75) is 25.4 Å². The standard InChI is InChI=1S/C22H16ClF5N4O4/c23-17-19(30-21(33)32-8-12-10-34-4-3-31(12)20(17)32)35-9-11-5-14(24)18(15(25)6-11)36-13-1-2-29-16(7-13)22(26,27)28/h1-2,5-7,12H,3-4,8-10H2. The minimum absolute atomic E-state index is 0.00535. The molecule has 190 valence electrons. The summed E-state index contributed by atoms with van der Waals surface area (Å²) in [6.45, 7) is 1.37. The van der Waals surface area contributed by atoms with Crippen LogP contribution >= 0.6 is 11.6 Å². The molecule has 0 spiro atoms. The van der Waals surface area contributed by atoms with Gasteiger partial charge in [-0.25, -0.2) is 13.6 Å². The van der Waals surface area contributed by atoms with E-state index < -0.39 is 47.3 Å². The molecule has 5 rings (SSSR count). The van der Waals surface area contributed by atoms with E-state index >= 15 is 0 Å². The monoisotopic (exact) mass is 530 g/mol. The molecule has 0 amide bonds. The van der Waals surface area contributed by atoms with Gasteiger partial charge in [0.15, 0.2) is 17.4 Å². The van der Waals surface area contributed by atoms with Crippen molar-refractivity contribution in [3.05, 3.63) is 68.9 Å². The van der Waals surface area contributed by atoms with Gasteiger partial charge in [0.1, 0.15) is 28.9 Å². The lowest BCUT2D eigenvalue weighted by molar-refractivity contribution is -0.141. The molecule has 8 nitrogen and oxygen atoms in total. The highest BCUT2D eigenvalue weighted by molar-refractivity contribution is 6.34. The van der Waals surface area contributed by atoms with Crippen LogP contribution in [0.5, 0.6) is 17.4 Å². The molecule has 0 N–H and O–H groups in total. The molecule has 1 atom stereocenters. The fourth-order valence-corrected chi connectivity index (χ4v) is 4.34. The number of pyridine rings is 1. The summed E-state index contributed by atoms with van der Waals surface area (Å²) in [5.41, 5.74) is -1.86. The number of alkyl halides is 3. The molecule has 0 aliphatic carbocycles. The van der Waals surface area contributed by atoms with Gasteiger partial charge in [-0.1, -0.05) is 11.6 Å². The number of rotatable bonds is 5. The van der Waals surface area contributed by atoms with Crippen LogP contribution in [0, 0.1) is 11.6 Å². The fraction of sp³-hybridized carbons (Fsp3) is 0.318. The predicted molar refractivity (Wildman–Crippen MR) is 115 cm³/mol. The summed E-state index contributed by atoms with van der Waals surface area (Å²) in [4.78, 5) is 21.4. The second-order valence-corrected chi connectivity index (χ2v) is 8.40. The Kier molecular flexibility index (Phi) is 6.20. The zero-order valence-electron chi connectivity index (χ0n) is 18.2. The number of nitrogens with zero attached hydrogens (tertiary/aromatic N) is 4. The third-order valence-corrected chi connectivity index (χ3v) is 5.97. The maximum atomic E-state index is 14.6. The normalized spacial score (nSPS) is 17.1. The van der Waals surface area contributed by atoms with Gasteiger partial charge in [0.2, 0.25) is 5.88 Å². The molecule has 1 aromatic carbocycles. The summed E-state index contributed by atoms with van der Waals surface area (Å²) in [6, 6.07) is 3.26. The van der Waals surface area contributed by atoms with E-state index in [0.29, 0.717) is 38.2 Å². The lowest BCUT2D eigenvalue weighted by Gasteiger charge is -2.30. The first-order valence-corrected chi connectivity index (χ1v) is 11.0. The molecule has 1 fully saturated rings. The molecular weight excluding hydrogens is 515 g/mol. The smallest absolute Gasteiger partial charge is 0.433 e. The first-order valence-electron chi connectivity index (χ1n) is 10.6. The first kappa shape index (κ1) is 24.3. The molecule has 36 heavy (non-hydrogen) atoms. The van der Waals surface area contributed by atoms with Crippen LogP contribution in [0.2, 0.25) is 5.02 Å². The van der Waals surface area contributed by atoms with Gasteiger partial charge in [-0.3, -0.25) is 9.55 Å². The third-order valence-electron chi connectivity index (χ3n) is 5.64. The van der Waals surface area contributed by atoms with Crippen molar-refractivity contribution >= 4 is 17.4 Å². The van der Waals surface area contributed by atoms with Crippen molar-refractivity contribution in [2.75, 3.05) is 24.7 Å². The average molecular weight is 531 g/mol. The summed E-state index contributed by atoms with van der Waals surface area (Å²) in [5.74, 6) is -3.46. The number of halogens is 6. The van der Waals surface area contributed by atoms with Gasteiger partial charge in [-0.15, -0.1) is 0 Å². The maximum absolute atomic E-state index is 14.6. The van der Waals surface area contributed by atoms with Gasteiger partial charge >= 0.3 is 11.9 Å². The Morgan fingerprint density at radius 1 is 1.19 bits per heavy atom. The average Bonchev–Trinajstić information content (AvgIpc) is 3.23. The number of hydrogen-bond donors (Lipinski definition) is 0. The molecule has 1 saturated heterocycles. The van der Waals surface area contributed by atoms with E-state index in [1.807, 2.05) is 4.90 Å². The molecule has 4 heterocycles. The lowest BCUT2D eigenvalue weighted by atomic mass is 10.2. The van der Waals surface area contributed by atoms with Gasteiger partial charge in [-0.2, -0.15) is 18.2 Å². The van der Waals surface area contributed by atoms with Crippen molar-refractivity contribution in [2.24, 2.45) is 0 Å². The summed E-state index contributed by atoms with van der Waals surface area (Å²) >= 11 is 6.45. The molecule has 0 saturated carbocycles. The van der Waals surface area contributed by atoms with Gasteiger partial charge in [0, 0.05) is 18.8 Å². The Bertz CT molecular complexity index is 1360. The quantitative estimate of drug-likeness (QED) is 0.458. The number of hydrogen-bond acceptors (Lipinski definition) is 7. The molecule has 2 aromatic heterocycles. The van der Waals surface area contributed by atoms with Crippen LogP contribution in [-0.2, 0) is 24.1 Å². The molecule has 0 radical (unpaired) electrons. The fourth-order valence-electron chi connectivity index (χ4n) is 4.03. The SMILES string of the molecule is O=c1nc(OCc2cc(F)c(Oc3ccnc(C(F)(F)F)c3)c(F)c2)c(Cl)c2n1CC1COCCN21. The van der Waals surface area contributed by atoms with Crippen molar-refractivity contribution in [1.82, 2.24) is 14.5 Å². The molecule has 1 unspecified atom stereocenters. The molecule has 2 aliphatic rings. The summed E-state index contributed by atoms with van der Waals surface area (Å²) in [6.07, 6.45) is -3.94. The third kappa shape index (κ3) is 4.55. The van der Waals surface area contributed by atoms with E-state index in [2.05, 4.69) is 9.97 Å². The molecular formula is C22H16ClF5N4O4. The van der Waals surface area contributed by atoms with Gasteiger partial charge in [-0.05, 0) is 23.8 Å². The van der Waals surface area contributed by atoms with Gasteiger partial charge in [0.25, 0.3) is 0 Å². The van der Waals surface area contributed by atoms with Crippen molar-refractivity contribution in [3.8, 4) is 17.4 Å². The number of ether oxygens (including phenoxy) is 3. The van der Waals surface area contributed by atoms with E-state index in [9.17, 15) is 26.7 Å². The maximum Gasteiger partial charge on any atom is 0.433 e. The van der Waals surface area contributed by atoms with Crippen LogP contribution in [0.25, 0.3) is 0 Å². The van der Waals surface area contributed by atoms with Crippen molar-refractivity contribution < 1.29 is 36.2 Å². The second kappa shape index (κ2) is 9.21. The zero-order chi connectivity index (χ0) is 25.6. The predicted octanol–water partition coefficient (Wildman–Crippen LogP) is 4.18. The number of aromatic nitrogens is 3. The molecule has 14 heteroatoms. The van der Waals surface area contributed by atoms with Crippen LogP contribution in [0.15, 0.2) is 35.3 Å². The highest BCUT2D eigenvalue weighted by Crippen LogP contribution is 2.38. The van der Waals surface area contributed by atoms with Crippen molar-refractivity contribution in [1.29, 1.82) is 0 Å². The Morgan fingerprint density at radius 3 is 2.67 bits per heavy atom. The number of morpholine rings is 1. The Labute approximate surface area is 204 Å². The number of benzene rings is 1. The highest BCUT2D eigenvalue weighted by Gasteiger charge is 2.36. The zero-order valence-corrected chi connectivity index (χ0v) is 18.9. The van der Waals surface area contributed by atoms with E-state index in [4.69, 9.17) is 25.8 Å². The lowest BCUT2D eigenvalue weighted by Crippen LogP contribution is -2.43. The van der Waals surface area contributed by atoms with Crippen LogP contribution in [0.1, 0.15) is 11.3 Å². The van der Waals surface area contributed by atoms with Crippen LogP contribution < -0.4 is 20.1 Å².